The molecule has 38 heavy (non-hydrogen) atoms. The van der Waals surface area contributed by atoms with Crippen LogP contribution in [0.25, 0.3) is 22.3 Å². The van der Waals surface area contributed by atoms with Gasteiger partial charge in [0.15, 0.2) is 0 Å². The highest BCUT2D eigenvalue weighted by Crippen LogP contribution is 2.29. The van der Waals surface area contributed by atoms with Crippen LogP contribution in [0.4, 0.5) is 5.82 Å². The molecule has 1 unspecified atom stereocenters. The molecule has 0 saturated carbocycles. The Morgan fingerprint density at radius 2 is 1.95 bits per heavy atom. The summed E-state index contributed by atoms with van der Waals surface area (Å²) in [6.07, 6.45) is 8.63. The van der Waals surface area contributed by atoms with Crippen molar-refractivity contribution in [3.8, 4) is 11.3 Å². The number of carbonyl (C=O) groups is 1. The van der Waals surface area contributed by atoms with Crippen molar-refractivity contribution in [1.82, 2.24) is 24.1 Å². The van der Waals surface area contributed by atoms with Gasteiger partial charge in [-0.15, -0.1) is 0 Å². The Morgan fingerprint density at radius 1 is 1.13 bits per heavy atom. The number of nitrogens with zero attached hydrogens (tertiary/aromatic N) is 5. The minimum atomic E-state index is -0.308. The number of anilines is 1. The number of fused-ring (bicyclic) bond motifs is 1. The fourth-order valence-electron chi connectivity index (χ4n) is 4.93. The molecule has 1 amide bonds. The lowest BCUT2D eigenvalue weighted by molar-refractivity contribution is 0.0985. The first-order valence-corrected chi connectivity index (χ1v) is 14.2. The number of hydrogen-bond acceptors (Lipinski definition) is 6. The third-order valence-corrected chi connectivity index (χ3v) is 8.18. The summed E-state index contributed by atoms with van der Waals surface area (Å²) in [5.41, 5.74) is 2.42. The number of pyridine rings is 2. The first-order valence-electron chi connectivity index (χ1n) is 13.2. The lowest BCUT2D eigenvalue weighted by atomic mass is 10.2. The number of carbonyl (C=O) groups excluding carboxylic acids is 1. The number of aromatic amines is 1. The van der Waals surface area contributed by atoms with Gasteiger partial charge in [0.1, 0.15) is 11.3 Å². The second kappa shape index (κ2) is 11.4. The first kappa shape index (κ1) is 26.0. The van der Waals surface area contributed by atoms with E-state index in [0.717, 1.165) is 30.6 Å². The summed E-state index contributed by atoms with van der Waals surface area (Å²) < 4.78 is 2.98. The lowest BCUT2D eigenvalue weighted by Crippen LogP contribution is -2.39. The molecule has 0 aliphatic carbocycles. The van der Waals surface area contributed by atoms with Gasteiger partial charge in [0.2, 0.25) is 0 Å². The van der Waals surface area contributed by atoms with Crippen molar-refractivity contribution in [3.63, 3.8) is 0 Å². The summed E-state index contributed by atoms with van der Waals surface area (Å²) in [5.74, 6) is 1.55. The average molecular weight is 533 g/mol. The van der Waals surface area contributed by atoms with E-state index in [2.05, 4.69) is 15.0 Å². The van der Waals surface area contributed by atoms with Crippen molar-refractivity contribution in [2.45, 2.75) is 57.9 Å². The van der Waals surface area contributed by atoms with Gasteiger partial charge in [0.25, 0.3) is 11.5 Å². The fourth-order valence-corrected chi connectivity index (χ4v) is 6.18. The minimum Gasteiger partial charge on any atom is -0.349 e. The van der Waals surface area contributed by atoms with E-state index in [1.54, 1.807) is 40.2 Å². The summed E-state index contributed by atoms with van der Waals surface area (Å²) in [6, 6.07) is 9.10. The zero-order valence-electron chi connectivity index (χ0n) is 21.7. The van der Waals surface area contributed by atoms with E-state index in [0.29, 0.717) is 59.4 Å². The summed E-state index contributed by atoms with van der Waals surface area (Å²) in [5, 5.41) is 0.367. The number of thioether (sulfide) groups is 1. The van der Waals surface area contributed by atoms with E-state index in [4.69, 9.17) is 0 Å². The van der Waals surface area contributed by atoms with Gasteiger partial charge in [-0.05, 0) is 61.8 Å². The molecule has 0 radical (unpaired) electrons. The fraction of sp³-hybridized carbons (Fsp3) is 0.393. The molecule has 5 rings (SSSR count). The summed E-state index contributed by atoms with van der Waals surface area (Å²) in [6.45, 7) is 5.44. The van der Waals surface area contributed by atoms with Gasteiger partial charge in [-0.25, -0.2) is 9.78 Å². The van der Waals surface area contributed by atoms with E-state index >= 15 is 0 Å². The monoisotopic (exact) mass is 532 g/mol. The van der Waals surface area contributed by atoms with Crippen LogP contribution in [0.3, 0.4) is 0 Å². The van der Waals surface area contributed by atoms with Crippen LogP contribution < -0.4 is 16.1 Å². The van der Waals surface area contributed by atoms with Crippen molar-refractivity contribution < 1.29 is 4.79 Å². The Balaban J connectivity index is 1.51. The molecule has 9 nitrogen and oxygen atoms in total. The highest BCUT2D eigenvalue weighted by atomic mass is 32.2. The zero-order chi connectivity index (χ0) is 26.6. The average Bonchev–Trinajstić information content (AvgIpc) is 3.63. The first-order chi connectivity index (χ1) is 18.5. The van der Waals surface area contributed by atoms with E-state index in [1.807, 2.05) is 43.8 Å². The summed E-state index contributed by atoms with van der Waals surface area (Å²) >= 11 is 1.89. The van der Waals surface area contributed by atoms with E-state index in [9.17, 15) is 14.4 Å². The molecule has 1 atom stereocenters. The largest absolute Gasteiger partial charge is 0.349 e. The Labute approximate surface area is 224 Å². The van der Waals surface area contributed by atoms with Gasteiger partial charge in [-0.3, -0.25) is 28.6 Å². The van der Waals surface area contributed by atoms with Crippen LogP contribution in [0, 0.1) is 0 Å². The number of H-pyrrole nitrogens is 1. The summed E-state index contributed by atoms with van der Waals surface area (Å²) in [4.78, 5) is 53.3. The molecule has 4 aromatic rings. The maximum absolute atomic E-state index is 13.4. The predicted octanol–water partition coefficient (Wildman–Crippen LogP) is 4.31. The highest BCUT2D eigenvalue weighted by Gasteiger charge is 2.26. The number of nitrogens with one attached hydrogen (secondary N) is 1. The highest BCUT2D eigenvalue weighted by molar-refractivity contribution is 8.00. The predicted molar refractivity (Wildman–Crippen MR) is 152 cm³/mol. The quantitative estimate of drug-likeness (QED) is 0.344. The normalized spacial score (nSPS) is 15.3. The van der Waals surface area contributed by atoms with Crippen molar-refractivity contribution in [1.29, 1.82) is 0 Å². The molecule has 4 aromatic heterocycles. The second-order valence-corrected chi connectivity index (χ2v) is 10.9. The molecule has 0 spiro atoms. The number of aryl methyl sites for hydroxylation is 1. The minimum absolute atomic E-state index is 0.128. The molecule has 1 aliphatic heterocycles. The zero-order valence-corrected chi connectivity index (χ0v) is 22.5. The molecule has 10 heteroatoms. The Hall–Kier alpha value is -3.66. The third kappa shape index (κ3) is 5.05. The van der Waals surface area contributed by atoms with Crippen LogP contribution in [-0.4, -0.2) is 47.5 Å². The van der Waals surface area contributed by atoms with Crippen LogP contribution in [0.2, 0.25) is 0 Å². The molecule has 1 fully saturated rings. The standard InChI is InChI=1S/C28H32N6O3S/c1-3-12-32-23-15-22(31-25(23)27(36)33(13-4-2)28(32)37)19-9-10-24(30-17-19)34(18-21-8-6-14-38-21)26(35)20-7-5-11-29-16-20/h5,7,9-11,15-17,21,31H,3-4,6,8,12-14,18H2,1-2H3. The second-order valence-electron chi connectivity index (χ2n) is 9.53. The Morgan fingerprint density at radius 3 is 2.61 bits per heavy atom. The van der Waals surface area contributed by atoms with Crippen LogP contribution in [0.1, 0.15) is 49.9 Å². The lowest BCUT2D eigenvalue weighted by Gasteiger charge is -2.24. The van der Waals surface area contributed by atoms with Gasteiger partial charge in [0.05, 0.1) is 11.1 Å². The molecule has 1 saturated heterocycles. The number of hydrogen-bond donors (Lipinski definition) is 1. The van der Waals surface area contributed by atoms with Crippen molar-refractivity contribution in [2.24, 2.45) is 0 Å². The van der Waals surface area contributed by atoms with Crippen LogP contribution >= 0.6 is 11.8 Å². The van der Waals surface area contributed by atoms with Gasteiger partial charge in [0, 0.05) is 54.7 Å². The van der Waals surface area contributed by atoms with Crippen LogP contribution in [0.15, 0.2) is 58.5 Å². The van der Waals surface area contributed by atoms with Crippen LogP contribution in [-0.2, 0) is 13.1 Å². The molecule has 0 aromatic carbocycles. The maximum Gasteiger partial charge on any atom is 0.331 e. The van der Waals surface area contributed by atoms with Crippen LogP contribution in [0.5, 0.6) is 0 Å². The van der Waals surface area contributed by atoms with Crippen molar-refractivity contribution in [3.05, 3.63) is 75.3 Å². The van der Waals surface area contributed by atoms with E-state index in [1.165, 1.54) is 4.57 Å². The molecule has 198 valence electrons. The van der Waals surface area contributed by atoms with E-state index in [-0.39, 0.29) is 17.2 Å². The van der Waals surface area contributed by atoms with Crippen molar-refractivity contribution in [2.75, 3.05) is 17.2 Å². The molecule has 5 heterocycles. The van der Waals surface area contributed by atoms with Gasteiger partial charge < -0.3 is 4.98 Å². The number of rotatable bonds is 9. The molecule has 1 N–H and O–H groups in total. The van der Waals surface area contributed by atoms with Gasteiger partial charge in [-0.2, -0.15) is 11.8 Å². The smallest absolute Gasteiger partial charge is 0.331 e. The van der Waals surface area contributed by atoms with Gasteiger partial charge >= 0.3 is 5.69 Å². The molecular formula is C28H32N6O3S. The maximum atomic E-state index is 13.4. The van der Waals surface area contributed by atoms with Crippen molar-refractivity contribution >= 4 is 34.5 Å². The molecule has 0 bridgehead atoms. The van der Waals surface area contributed by atoms with E-state index < -0.39 is 0 Å². The SMILES string of the molecule is CCCn1c(=O)c2[nH]c(-c3ccc(N(CC4CCCS4)C(=O)c4cccnc4)nc3)cc2n(CCC)c1=O. The Bertz CT molecular complexity index is 1540. The summed E-state index contributed by atoms with van der Waals surface area (Å²) in [7, 11) is 0. The molecular weight excluding hydrogens is 500 g/mol. The number of aromatic nitrogens is 5. The van der Waals surface area contributed by atoms with Gasteiger partial charge in [-0.1, -0.05) is 13.8 Å². The topological polar surface area (TPSA) is 106 Å². The Kier molecular flexibility index (Phi) is 7.78. The number of amides is 1. The molecule has 1 aliphatic rings. The third-order valence-electron chi connectivity index (χ3n) is 6.80.